The molecular formula is C22H26ClFN2O3. The Kier molecular flexibility index (Phi) is 8.46. The molecule has 2 rings (SSSR count). The number of ether oxygens (including phenoxy) is 1. The molecule has 1 N–H and O–H groups in total. The average Bonchev–Trinajstić information content (AvgIpc) is 2.70. The van der Waals surface area contributed by atoms with Gasteiger partial charge in [-0.2, -0.15) is 0 Å². The number of hydrogen-bond acceptors (Lipinski definition) is 3. The molecule has 1 atom stereocenters. The van der Waals surface area contributed by atoms with Crippen molar-refractivity contribution in [3.63, 3.8) is 0 Å². The smallest absolute Gasteiger partial charge is 0.261 e. The first kappa shape index (κ1) is 22.7. The number of benzene rings is 2. The molecule has 0 aromatic heterocycles. The second kappa shape index (κ2) is 10.8. The summed E-state index contributed by atoms with van der Waals surface area (Å²) in [6, 6.07) is 12.2. The molecule has 0 spiro atoms. The Labute approximate surface area is 175 Å². The molecule has 0 fully saturated rings. The summed E-state index contributed by atoms with van der Waals surface area (Å²) in [5, 5.41) is 3.42. The normalized spacial score (nSPS) is 11.8. The number of amides is 2. The van der Waals surface area contributed by atoms with Crippen molar-refractivity contribution >= 4 is 23.4 Å². The SMILES string of the molecule is CC(C)CNC(=O)C(C)N(Cc1ccc(Cl)cc1)C(=O)COc1ccccc1F. The van der Waals surface area contributed by atoms with Gasteiger partial charge in [0.15, 0.2) is 18.2 Å². The fourth-order valence-electron chi connectivity index (χ4n) is 2.61. The Hall–Kier alpha value is -2.60. The maximum atomic E-state index is 13.8. The summed E-state index contributed by atoms with van der Waals surface area (Å²) in [4.78, 5) is 26.8. The van der Waals surface area contributed by atoms with E-state index in [2.05, 4.69) is 5.32 Å². The molecule has 29 heavy (non-hydrogen) atoms. The van der Waals surface area contributed by atoms with Gasteiger partial charge >= 0.3 is 0 Å². The maximum Gasteiger partial charge on any atom is 0.261 e. The van der Waals surface area contributed by atoms with E-state index in [1.807, 2.05) is 13.8 Å². The van der Waals surface area contributed by atoms with E-state index in [1.54, 1.807) is 37.3 Å². The Bertz CT molecular complexity index is 827. The zero-order chi connectivity index (χ0) is 21.4. The fraction of sp³-hybridized carbons (Fsp3) is 0.364. The molecule has 0 saturated heterocycles. The second-order valence-corrected chi connectivity index (χ2v) is 7.62. The summed E-state index contributed by atoms with van der Waals surface area (Å²) in [6.07, 6.45) is 0. The molecule has 1 unspecified atom stereocenters. The predicted molar refractivity (Wildman–Crippen MR) is 111 cm³/mol. The first-order valence-electron chi connectivity index (χ1n) is 9.47. The maximum absolute atomic E-state index is 13.8. The van der Waals surface area contributed by atoms with Crippen LogP contribution in [0.3, 0.4) is 0 Å². The van der Waals surface area contributed by atoms with Crippen molar-refractivity contribution < 1.29 is 18.7 Å². The van der Waals surface area contributed by atoms with Crippen LogP contribution in [0.5, 0.6) is 5.75 Å². The molecular weight excluding hydrogens is 395 g/mol. The van der Waals surface area contributed by atoms with E-state index >= 15 is 0 Å². The molecule has 2 aromatic carbocycles. The molecule has 5 nitrogen and oxygen atoms in total. The lowest BCUT2D eigenvalue weighted by Gasteiger charge is -2.29. The minimum atomic E-state index is -0.721. The Balaban J connectivity index is 2.13. The minimum Gasteiger partial charge on any atom is -0.481 e. The molecule has 2 amide bonds. The van der Waals surface area contributed by atoms with Crippen molar-refractivity contribution in [1.29, 1.82) is 0 Å². The Morgan fingerprint density at radius 2 is 1.76 bits per heavy atom. The van der Waals surface area contributed by atoms with Crippen LogP contribution in [0.4, 0.5) is 4.39 Å². The van der Waals surface area contributed by atoms with Gasteiger partial charge in [0.25, 0.3) is 5.91 Å². The van der Waals surface area contributed by atoms with Crippen LogP contribution >= 0.6 is 11.6 Å². The van der Waals surface area contributed by atoms with E-state index < -0.39 is 17.8 Å². The van der Waals surface area contributed by atoms with Gasteiger partial charge in [-0.3, -0.25) is 9.59 Å². The van der Waals surface area contributed by atoms with E-state index in [-0.39, 0.29) is 30.7 Å². The van der Waals surface area contributed by atoms with Gasteiger partial charge < -0.3 is 15.0 Å². The molecule has 0 saturated carbocycles. The molecule has 0 radical (unpaired) electrons. The van der Waals surface area contributed by atoms with Gasteiger partial charge in [-0.15, -0.1) is 0 Å². The van der Waals surface area contributed by atoms with Gasteiger partial charge in [0.1, 0.15) is 6.04 Å². The van der Waals surface area contributed by atoms with Crippen LogP contribution in [0.25, 0.3) is 0 Å². The van der Waals surface area contributed by atoms with Crippen LogP contribution in [0.1, 0.15) is 26.3 Å². The summed E-state index contributed by atoms with van der Waals surface area (Å²) in [5.41, 5.74) is 0.817. The third kappa shape index (κ3) is 7.06. The number of halogens is 2. The molecule has 0 aliphatic heterocycles. The molecule has 7 heteroatoms. The van der Waals surface area contributed by atoms with Crippen molar-refractivity contribution in [2.45, 2.75) is 33.4 Å². The Morgan fingerprint density at radius 3 is 2.38 bits per heavy atom. The number of carbonyl (C=O) groups excluding carboxylic acids is 2. The summed E-state index contributed by atoms with van der Waals surface area (Å²) in [5.74, 6) is -0.949. The zero-order valence-corrected chi connectivity index (χ0v) is 17.6. The first-order valence-corrected chi connectivity index (χ1v) is 9.84. The van der Waals surface area contributed by atoms with Crippen LogP contribution in [0, 0.1) is 11.7 Å². The highest BCUT2D eigenvalue weighted by atomic mass is 35.5. The van der Waals surface area contributed by atoms with Crippen molar-refractivity contribution in [3.05, 3.63) is 64.9 Å². The van der Waals surface area contributed by atoms with Gasteiger partial charge in [0.2, 0.25) is 5.91 Å². The quantitative estimate of drug-likeness (QED) is 0.665. The molecule has 0 bridgehead atoms. The Morgan fingerprint density at radius 1 is 1.10 bits per heavy atom. The van der Waals surface area contributed by atoms with Gasteiger partial charge in [-0.25, -0.2) is 4.39 Å². The number of rotatable bonds is 9. The highest BCUT2D eigenvalue weighted by Crippen LogP contribution is 2.17. The summed E-state index contributed by atoms with van der Waals surface area (Å²) in [7, 11) is 0. The topological polar surface area (TPSA) is 58.6 Å². The molecule has 2 aromatic rings. The summed E-state index contributed by atoms with van der Waals surface area (Å²) in [6.45, 7) is 5.97. The van der Waals surface area contributed by atoms with Gasteiger partial charge in [-0.05, 0) is 42.7 Å². The minimum absolute atomic E-state index is 0.01000. The van der Waals surface area contributed by atoms with Crippen LogP contribution < -0.4 is 10.1 Å². The third-order valence-corrected chi connectivity index (χ3v) is 4.56. The number of nitrogens with one attached hydrogen (secondary N) is 1. The van der Waals surface area contributed by atoms with E-state index in [0.717, 1.165) is 5.56 Å². The predicted octanol–water partition coefficient (Wildman–Crippen LogP) is 4.05. The molecule has 156 valence electrons. The number of hydrogen-bond donors (Lipinski definition) is 1. The van der Waals surface area contributed by atoms with Crippen molar-refractivity contribution in [3.8, 4) is 5.75 Å². The van der Waals surface area contributed by atoms with Gasteiger partial charge in [0.05, 0.1) is 0 Å². The lowest BCUT2D eigenvalue weighted by atomic mass is 10.1. The van der Waals surface area contributed by atoms with Crippen molar-refractivity contribution in [1.82, 2.24) is 10.2 Å². The van der Waals surface area contributed by atoms with Crippen LogP contribution in [0.15, 0.2) is 48.5 Å². The van der Waals surface area contributed by atoms with Crippen LogP contribution in [-0.2, 0) is 16.1 Å². The van der Waals surface area contributed by atoms with E-state index in [9.17, 15) is 14.0 Å². The van der Waals surface area contributed by atoms with E-state index in [0.29, 0.717) is 11.6 Å². The standard InChI is InChI=1S/C22H26ClFN2O3/c1-15(2)12-25-22(28)16(3)26(13-17-8-10-18(23)11-9-17)21(27)14-29-20-7-5-4-6-19(20)24/h4-11,15-16H,12-14H2,1-3H3,(H,25,28). The lowest BCUT2D eigenvalue weighted by molar-refractivity contribution is -0.142. The van der Waals surface area contributed by atoms with Crippen molar-refractivity contribution in [2.24, 2.45) is 5.92 Å². The largest absolute Gasteiger partial charge is 0.481 e. The second-order valence-electron chi connectivity index (χ2n) is 7.18. The van der Waals surface area contributed by atoms with E-state index in [1.165, 1.54) is 23.1 Å². The number of nitrogens with zero attached hydrogens (tertiary/aromatic N) is 1. The summed E-state index contributed by atoms with van der Waals surface area (Å²) < 4.78 is 19.1. The number of carbonyl (C=O) groups is 2. The number of para-hydroxylation sites is 1. The first-order chi connectivity index (χ1) is 13.8. The molecule has 0 heterocycles. The molecule has 0 aliphatic carbocycles. The fourth-order valence-corrected chi connectivity index (χ4v) is 2.73. The summed E-state index contributed by atoms with van der Waals surface area (Å²) >= 11 is 5.93. The zero-order valence-electron chi connectivity index (χ0n) is 16.8. The van der Waals surface area contributed by atoms with Crippen LogP contribution in [0.2, 0.25) is 5.02 Å². The highest BCUT2D eigenvalue weighted by Gasteiger charge is 2.26. The monoisotopic (exact) mass is 420 g/mol. The molecule has 0 aliphatic rings. The van der Waals surface area contributed by atoms with E-state index in [4.69, 9.17) is 16.3 Å². The highest BCUT2D eigenvalue weighted by molar-refractivity contribution is 6.30. The lowest BCUT2D eigenvalue weighted by Crippen LogP contribution is -2.49. The van der Waals surface area contributed by atoms with Crippen molar-refractivity contribution in [2.75, 3.05) is 13.2 Å². The third-order valence-electron chi connectivity index (χ3n) is 4.31. The average molecular weight is 421 g/mol. The van der Waals surface area contributed by atoms with Gasteiger partial charge in [0, 0.05) is 18.1 Å². The van der Waals surface area contributed by atoms with Crippen LogP contribution in [-0.4, -0.2) is 35.9 Å². The van der Waals surface area contributed by atoms with Gasteiger partial charge in [-0.1, -0.05) is 49.7 Å².